The molecule has 3 rings (SSSR count). The zero-order valence-corrected chi connectivity index (χ0v) is 21.0. The maximum absolute atomic E-state index is 12.7. The number of anilines is 2. The first-order chi connectivity index (χ1) is 16.7. The summed E-state index contributed by atoms with van der Waals surface area (Å²) in [4.78, 5) is 43.1. The number of hydrogen-bond donors (Lipinski definition) is 2. The Morgan fingerprint density at radius 3 is 2.23 bits per heavy atom. The lowest BCUT2D eigenvalue weighted by Crippen LogP contribution is -2.52. The Hall–Kier alpha value is -3.43. The molecule has 2 N–H and O–H groups in total. The van der Waals surface area contributed by atoms with Gasteiger partial charge in [-0.15, -0.1) is 0 Å². The summed E-state index contributed by atoms with van der Waals surface area (Å²) in [5.41, 5.74) is 3.58. The van der Waals surface area contributed by atoms with E-state index in [1.807, 2.05) is 32.0 Å². The molecule has 0 unspecified atom stereocenters. The van der Waals surface area contributed by atoms with Crippen LogP contribution in [0.1, 0.15) is 11.1 Å². The molecule has 35 heavy (non-hydrogen) atoms. The van der Waals surface area contributed by atoms with Crippen LogP contribution in [0.5, 0.6) is 5.75 Å². The van der Waals surface area contributed by atoms with Crippen molar-refractivity contribution in [3.63, 3.8) is 0 Å². The third kappa shape index (κ3) is 7.80. The minimum Gasteiger partial charge on any atom is -0.497 e. The van der Waals surface area contributed by atoms with Crippen LogP contribution >= 0.6 is 0 Å². The van der Waals surface area contributed by atoms with Crippen molar-refractivity contribution in [3.8, 4) is 5.75 Å². The van der Waals surface area contributed by atoms with E-state index in [-0.39, 0.29) is 30.8 Å². The predicted molar refractivity (Wildman–Crippen MR) is 137 cm³/mol. The van der Waals surface area contributed by atoms with Crippen LogP contribution < -0.4 is 15.4 Å². The van der Waals surface area contributed by atoms with Gasteiger partial charge >= 0.3 is 0 Å². The number of rotatable bonds is 9. The van der Waals surface area contributed by atoms with Crippen molar-refractivity contribution in [2.45, 2.75) is 13.8 Å². The van der Waals surface area contributed by atoms with Crippen LogP contribution in [0.25, 0.3) is 0 Å². The molecular weight excluding hydrogens is 446 g/mol. The monoisotopic (exact) mass is 481 g/mol. The third-order valence-electron chi connectivity index (χ3n) is 6.01. The number of aryl methyl sites for hydroxylation is 2. The Kier molecular flexibility index (Phi) is 9.22. The number of carbonyl (C=O) groups is 3. The van der Waals surface area contributed by atoms with E-state index >= 15 is 0 Å². The van der Waals surface area contributed by atoms with E-state index in [0.29, 0.717) is 44.2 Å². The van der Waals surface area contributed by atoms with E-state index in [4.69, 9.17) is 4.74 Å². The zero-order chi connectivity index (χ0) is 25.4. The summed E-state index contributed by atoms with van der Waals surface area (Å²) >= 11 is 0. The molecule has 1 aliphatic rings. The highest BCUT2D eigenvalue weighted by molar-refractivity contribution is 5.94. The van der Waals surface area contributed by atoms with Gasteiger partial charge in [-0.05, 0) is 44.2 Å². The average molecular weight is 482 g/mol. The molecule has 0 aliphatic carbocycles. The van der Waals surface area contributed by atoms with Gasteiger partial charge in [0.25, 0.3) is 0 Å². The fourth-order valence-electron chi connectivity index (χ4n) is 4.08. The van der Waals surface area contributed by atoms with Crippen molar-refractivity contribution in [3.05, 3.63) is 53.6 Å². The first-order valence-electron chi connectivity index (χ1n) is 11.7. The molecule has 3 amide bonds. The maximum atomic E-state index is 12.7. The van der Waals surface area contributed by atoms with E-state index in [1.165, 1.54) is 0 Å². The van der Waals surface area contributed by atoms with Crippen LogP contribution in [0.4, 0.5) is 11.4 Å². The summed E-state index contributed by atoms with van der Waals surface area (Å²) in [6, 6.07) is 13.1. The lowest BCUT2D eigenvalue weighted by Gasteiger charge is -2.35. The Balaban J connectivity index is 1.39. The summed E-state index contributed by atoms with van der Waals surface area (Å²) in [5.74, 6) is 0.381. The number of benzene rings is 2. The molecule has 1 heterocycles. The topological polar surface area (TPSA) is 94.2 Å². The van der Waals surface area contributed by atoms with Crippen LogP contribution in [-0.4, -0.2) is 92.4 Å². The molecule has 2 aromatic carbocycles. The Bertz CT molecular complexity index is 1030. The van der Waals surface area contributed by atoms with Crippen molar-refractivity contribution < 1.29 is 19.1 Å². The van der Waals surface area contributed by atoms with Crippen molar-refractivity contribution in [1.29, 1.82) is 0 Å². The number of hydrogen-bond acceptors (Lipinski definition) is 6. The number of ether oxygens (including phenoxy) is 1. The van der Waals surface area contributed by atoms with Gasteiger partial charge in [0.1, 0.15) is 5.75 Å². The molecule has 1 aliphatic heterocycles. The van der Waals surface area contributed by atoms with Gasteiger partial charge < -0.3 is 20.3 Å². The molecule has 1 saturated heterocycles. The Morgan fingerprint density at radius 1 is 0.914 bits per heavy atom. The molecule has 0 radical (unpaired) electrons. The second-order valence-electron chi connectivity index (χ2n) is 8.92. The number of nitrogens with zero attached hydrogens (tertiary/aromatic N) is 3. The van der Waals surface area contributed by atoms with Gasteiger partial charge in [-0.1, -0.05) is 24.3 Å². The number of nitrogens with one attached hydrogen (secondary N) is 2. The van der Waals surface area contributed by atoms with Gasteiger partial charge in [-0.2, -0.15) is 0 Å². The van der Waals surface area contributed by atoms with E-state index in [0.717, 1.165) is 16.8 Å². The fourth-order valence-corrected chi connectivity index (χ4v) is 4.08. The summed E-state index contributed by atoms with van der Waals surface area (Å²) < 4.78 is 5.16. The number of methoxy groups -OCH3 is 1. The molecule has 9 heteroatoms. The summed E-state index contributed by atoms with van der Waals surface area (Å²) in [6.07, 6.45) is 0. The van der Waals surface area contributed by atoms with Gasteiger partial charge in [0.15, 0.2) is 0 Å². The Morgan fingerprint density at radius 2 is 1.57 bits per heavy atom. The largest absolute Gasteiger partial charge is 0.497 e. The van der Waals surface area contributed by atoms with E-state index in [9.17, 15) is 14.4 Å². The van der Waals surface area contributed by atoms with Gasteiger partial charge in [0.05, 0.1) is 26.7 Å². The van der Waals surface area contributed by atoms with Crippen LogP contribution in [0.2, 0.25) is 0 Å². The molecule has 0 bridgehead atoms. The van der Waals surface area contributed by atoms with Crippen LogP contribution in [-0.2, 0) is 14.4 Å². The fraction of sp³-hybridized carbons (Fsp3) is 0.423. The standard InChI is InChI=1S/C26H35N5O4/c1-19-7-5-8-20(2)26(19)28-24(33)17-30-11-13-31(14-12-30)25(34)18-29(3)16-23(32)27-21-9-6-10-22(15-21)35-4/h5-10,15H,11-14,16-18H2,1-4H3,(H,27,32)(H,28,33). The van der Waals surface area contributed by atoms with Gasteiger partial charge in [-0.3, -0.25) is 24.2 Å². The number of para-hydroxylation sites is 1. The third-order valence-corrected chi connectivity index (χ3v) is 6.01. The summed E-state index contributed by atoms with van der Waals surface area (Å²) in [7, 11) is 3.32. The molecule has 0 atom stereocenters. The molecule has 0 spiro atoms. The van der Waals surface area contributed by atoms with E-state index < -0.39 is 0 Å². The number of carbonyl (C=O) groups excluding carboxylic acids is 3. The van der Waals surface area contributed by atoms with Gasteiger partial charge in [-0.25, -0.2) is 0 Å². The molecule has 0 aromatic heterocycles. The minimum atomic E-state index is -0.201. The smallest absolute Gasteiger partial charge is 0.238 e. The number of amides is 3. The lowest BCUT2D eigenvalue weighted by molar-refractivity contribution is -0.134. The molecule has 9 nitrogen and oxygen atoms in total. The molecule has 2 aromatic rings. The Labute approximate surface area is 207 Å². The van der Waals surface area contributed by atoms with Crippen molar-refractivity contribution in [1.82, 2.24) is 14.7 Å². The summed E-state index contributed by atoms with van der Waals surface area (Å²) in [6.45, 7) is 6.87. The first kappa shape index (κ1) is 26.2. The van der Waals surface area contributed by atoms with Crippen LogP contribution in [0.3, 0.4) is 0 Å². The highest BCUT2D eigenvalue weighted by atomic mass is 16.5. The second kappa shape index (κ2) is 12.3. The summed E-state index contributed by atoms with van der Waals surface area (Å²) in [5, 5.41) is 5.83. The number of piperazine rings is 1. The quantitative estimate of drug-likeness (QED) is 0.569. The first-order valence-corrected chi connectivity index (χ1v) is 11.7. The molecule has 1 fully saturated rings. The highest BCUT2D eigenvalue weighted by Gasteiger charge is 2.24. The molecule has 188 valence electrons. The lowest BCUT2D eigenvalue weighted by atomic mass is 10.1. The van der Waals surface area contributed by atoms with E-state index in [2.05, 4.69) is 15.5 Å². The van der Waals surface area contributed by atoms with Gasteiger partial charge in [0.2, 0.25) is 17.7 Å². The van der Waals surface area contributed by atoms with E-state index in [1.54, 1.807) is 48.2 Å². The molecule has 0 saturated carbocycles. The predicted octanol–water partition coefficient (Wildman–Crippen LogP) is 1.97. The van der Waals surface area contributed by atoms with Crippen LogP contribution in [0.15, 0.2) is 42.5 Å². The average Bonchev–Trinajstić information content (AvgIpc) is 2.82. The molecular formula is C26H35N5O4. The number of likely N-dealkylation sites (N-methyl/N-ethyl adjacent to an activating group) is 1. The highest BCUT2D eigenvalue weighted by Crippen LogP contribution is 2.19. The van der Waals surface area contributed by atoms with Gasteiger partial charge in [0, 0.05) is 43.6 Å². The zero-order valence-electron chi connectivity index (χ0n) is 21.0. The van der Waals surface area contributed by atoms with Crippen molar-refractivity contribution in [2.75, 3.05) is 70.6 Å². The normalized spacial score (nSPS) is 14.0. The van der Waals surface area contributed by atoms with Crippen molar-refractivity contribution >= 4 is 29.1 Å². The maximum Gasteiger partial charge on any atom is 0.238 e. The second-order valence-corrected chi connectivity index (χ2v) is 8.92. The van der Waals surface area contributed by atoms with Crippen molar-refractivity contribution in [2.24, 2.45) is 0 Å². The minimum absolute atomic E-state index is 0.0266. The van der Waals surface area contributed by atoms with Crippen LogP contribution in [0, 0.1) is 13.8 Å². The SMILES string of the molecule is COc1cccc(NC(=O)CN(C)CC(=O)N2CCN(CC(=O)Nc3c(C)cccc3C)CC2)c1.